The number of halogens is 3. The van der Waals surface area contributed by atoms with Crippen molar-refractivity contribution in [1.82, 2.24) is 14.9 Å². The number of aromatic nitrogens is 2. The molecule has 1 saturated carbocycles. The topological polar surface area (TPSA) is 58.1 Å². The molecule has 2 aliphatic heterocycles. The van der Waals surface area contributed by atoms with Crippen LogP contribution in [0.15, 0.2) is 12.4 Å². The van der Waals surface area contributed by atoms with E-state index in [1.54, 1.807) is 4.90 Å². The number of carbonyl (C=O) groups excluding carboxylic acids is 1. The normalized spacial score (nSPS) is 28.5. The van der Waals surface area contributed by atoms with Gasteiger partial charge in [0.05, 0.1) is 18.4 Å². The Labute approximate surface area is 119 Å². The van der Waals surface area contributed by atoms with Gasteiger partial charge in [0.2, 0.25) is 6.41 Å². The molecule has 0 spiro atoms. The van der Waals surface area contributed by atoms with Gasteiger partial charge >= 0.3 is 6.18 Å². The minimum absolute atomic E-state index is 0.0220. The fourth-order valence-corrected chi connectivity index (χ4v) is 3.25. The molecule has 1 N–H and O–H groups in total. The minimum Gasteiger partial charge on any atom is -0.364 e. The van der Waals surface area contributed by atoms with E-state index < -0.39 is 11.9 Å². The molecule has 1 aromatic rings. The lowest BCUT2D eigenvalue weighted by atomic mass is 9.77. The van der Waals surface area contributed by atoms with Gasteiger partial charge in [0.25, 0.3) is 0 Å². The van der Waals surface area contributed by atoms with E-state index >= 15 is 0 Å². The molecule has 2 bridgehead atoms. The highest BCUT2D eigenvalue weighted by Gasteiger charge is 2.40. The maximum absolute atomic E-state index is 12.4. The Morgan fingerprint density at radius 1 is 1.29 bits per heavy atom. The Morgan fingerprint density at radius 3 is 2.67 bits per heavy atom. The number of amides is 1. The van der Waals surface area contributed by atoms with E-state index in [1.165, 1.54) is 0 Å². The van der Waals surface area contributed by atoms with Gasteiger partial charge in [-0.15, -0.1) is 0 Å². The van der Waals surface area contributed by atoms with Crippen molar-refractivity contribution in [2.24, 2.45) is 5.92 Å². The molecule has 1 aliphatic carbocycles. The maximum atomic E-state index is 12.4. The molecule has 4 rings (SSSR count). The summed E-state index contributed by atoms with van der Waals surface area (Å²) in [4.78, 5) is 20.0. The maximum Gasteiger partial charge on any atom is 0.434 e. The third-order valence-electron chi connectivity index (χ3n) is 4.23. The van der Waals surface area contributed by atoms with Crippen LogP contribution < -0.4 is 5.32 Å². The summed E-state index contributed by atoms with van der Waals surface area (Å²) in [7, 11) is 0. The quantitative estimate of drug-likeness (QED) is 0.866. The smallest absolute Gasteiger partial charge is 0.364 e. The first-order chi connectivity index (χ1) is 9.97. The van der Waals surface area contributed by atoms with E-state index in [-0.39, 0.29) is 12.1 Å². The summed E-state index contributed by atoms with van der Waals surface area (Å²) >= 11 is 0. The fourth-order valence-electron chi connectivity index (χ4n) is 3.25. The van der Waals surface area contributed by atoms with Crippen LogP contribution in [-0.4, -0.2) is 39.9 Å². The summed E-state index contributed by atoms with van der Waals surface area (Å²) in [5, 5.41) is 3.11. The van der Waals surface area contributed by atoms with Gasteiger partial charge in [0.15, 0.2) is 5.69 Å². The van der Waals surface area contributed by atoms with Crippen LogP contribution in [0, 0.1) is 5.92 Å². The average molecular weight is 300 g/mol. The molecule has 3 aliphatic rings. The first kappa shape index (κ1) is 14.1. The Balaban J connectivity index is 1.70. The first-order valence-corrected chi connectivity index (χ1v) is 6.84. The number of piperidine rings is 2. The van der Waals surface area contributed by atoms with Crippen LogP contribution in [-0.2, 0) is 11.0 Å². The second-order valence-corrected chi connectivity index (χ2v) is 5.58. The van der Waals surface area contributed by atoms with Gasteiger partial charge in [-0.3, -0.25) is 4.79 Å². The number of nitrogens with zero attached hydrogens (tertiary/aromatic N) is 3. The van der Waals surface area contributed by atoms with Gasteiger partial charge in [0.1, 0.15) is 5.82 Å². The number of carbonyl (C=O) groups is 1. The van der Waals surface area contributed by atoms with Crippen molar-refractivity contribution >= 4 is 12.2 Å². The summed E-state index contributed by atoms with van der Waals surface area (Å²) in [5.74, 6) is 0.756. The standard InChI is InChI=1S/C13H15F3N4O/c14-13(15,16)11-4-18-12(5-17-11)19-9-3-8-1-2-10(9)20(6-8)7-21/h4-5,7-10H,1-3,6H2,(H,18,19)/t8-,9-,10+/m1/s1. The van der Waals surface area contributed by atoms with Crippen molar-refractivity contribution in [2.75, 3.05) is 11.9 Å². The molecule has 3 atom stereocenters. The van der Waals surface area contributed by atoms with E-state index in [0.29, 0.717) is 11.7 Å². The van der Waals surface area contributed by atoms with Crippen molar-refractivity contribution < 1.29 is 18.0 Å². The Kier molecular flexibility index (Phi) is 3.46. The molecule has 114 valence electrons. The van der Waals surface area contributed by atoms with Crippen LogP contribution in [0.2, 0.25) is 0 Å². The van der Waals surface area contributed by atoms with Crippen LogP contribution in [0.3, 0.4) is 0 Å². The molecule has 1 amide bonds. The number of alkyl halides is 3. The Hall–Kier alpha value is -1.86. The molecular formula is C13H15F3N4O. The van der Waals surface area contributed by atoms with Crippen LogP contribution in [0.5, 0.6) is 0 Å². The summed E-state index contributed by atoms with van der Waals surface area (Å²) in [5.41, 5.74) is -1.01. The molecule has 0 aromatic carbocycles. The third kappa shape index (κ3) is 2.79. The number of anilines is 1. The molecule has 5 nitrogen and oxygen atoms in total. The van der Waals surface area contributed by atoms with Gasteiger partial charge < -0.3 is 10.2 Å². The highest BCUT2D eigenvalue weighted by molar-refractivity contribution is 5.49. The zero-order chi connectivity index (χ0) is 15.0. The SMILES string of the molecule is O=CN1C[C@@H]2CC[C@H]1[C@H](Nc1cnc(C(F)(F)F)cn1)C2. The van der Waals surface area contributed by atoms with Gasteiger partial charge in [-0.2, -0.15) is 13.2 Å². The van der Waals surface area contributed by atoms with E-state index in [9.17, 15) is 18.0 Å². The van der Waals surface area contributed by atoms with Crippen LogP contribution in [0.1, 0.15) is 25.0 Å². The summed E-state index contributed by atoms with van der Waals surface area (Å²) in [6.45, 7) is 0.769. The number of hydrogen-bond donors (Lipinski definition) is 1. The average Bonchev–Trinajstić information content (AvgIpc) is 2.47. The van der Waals surface area contributed by atoms with Crippen LogP contribution in [0.4, 0.5) is 19.0 Å². The summed E-state index contributed by atoms with van der Waals surface area (Å²) in [6.07, 6.45) is 1.09. The molecule has 3 heterocycles. The molecule has 1 aromatic heterocycles. The van der Waals surface area contributed by atoms with Crippen LogP contribution in [0.25, 0.3) is 0 Å². The number of hydrogen-bond acceptors (Lipinski definition) is 4. The molecule has 3 fully saturated rings. The second-order valence-electron chi connectivity index (χ2n) is 5.58. The summed E-state index contributed by atoms with van der Waals surface area (Å²) in [6, 6.07) is 0.102. The number of fused-ring (bicyclic) bond motifs is 3. The van der Waals surface area contributed by atoms with Crippen molar-refractivity contribution in [3.8, 4) is 0 Å². The molecule has 21 heavy (non-hydrogen) atoms. The minimum atomic E-state index is -4.48. The monoisotopic (exact) mass is 300 g/mol. The van der Waals surface area contributed by atoms with E-state index in [0.717, 1.165) is 44.6 Å². The van der Waals surface area contributed by atoms with Crippen molar-refractivity contribution in [2.45, 2.75) is 37.5 Å². The van der Waals surface area contributed by atoms with Crippen molar-refractivity contribution in [1.29, 1.82) is 0 Å². The highest BCUT2D eigenvalue weighted by Crippen LogP contribution is 2.35. The molecule has 0 radical (unpaired) electrons. The predicted molar refractivity (Wildman–Crippen MR) is 68.3 cm³/mol. The Morgan fingerprint density at radius 2 is 2.10 bits per heavy atom. The highest BCUT2D eigenvalue weighted by atomic mass is 19.4. The van der Waals surface area contributed by atoms with Crippen LogP contribution >= 0.6 is 0 Å². The van der Waals surface area contributed by atoms with E-state index in [2.05, 4.69) is 15.3 Å². The largest absolute Gasteiger partial charge is 0.434 e. The van der Waals surface area contributed by atoms with Crippen molar-refractivity contribution in [3.05, 3.63) is 18.1 Å². The lowest BCUT2D eigenvalue weighted by Crippen LogP contribution is -2.57. The molecular weight excluding hydrogens is 285 g/mol. The van der Waals surface area contributed by atoms with Crippen molar-refractivity contribution in [3.63, 3.8) is 0 Å². The van der Waals surface area contributed by atoms with Gasteiger partial charge in [0, 0.05) is 12.6 Å². The van der Waals surface area contributed by atoms with Gasteiger partial charge in [-0.25, -0.2) is 9.97 Å². The third-order valence-corrected chi connectivity index (χ3v) is 4.23. The summed E-state index contributed by atoms with van der Waals surface area (Å²) < 4.78 is 37.3. The zero-order valence-electron chi connectivity index (χ0n) is 11.2. The first-order valence-electron chi connectivity index (χ1n) is 6.84. The van der Waals surface area contributed by atoms with E-state index in [1.807, 2.05) is 0 Å². The molecule has 8 heteroatoms. The predicted octanol–water partition coefficient (Wildman–Crippen LogP) is 1.92. The molecule has 0 unspecified atom stereocenters. The van der Waals surface area contributed by atoms with E-state index in [4.69, 9.17) is 0 Å². The molecule has 2 saturated heterocycles. The lowest BCUT2D eigenvalue weighted by molar-refractivity contribution is -0.141. The zero-order valence-corrected chi connectivity index (χ0v) is 11.2. The van der Waals surface area contributed by atoms with Gasteiger partial charge in [-0.05, 0) is 25.2 Å². The second kappa shape index (κ2) is 5.16. The number of nitrogens with one attached hydrogen (secondary N) is 1. The fraction of sp³-hybridized carbons (Fsp3) is 0.615. The van der Waals surface area contributed by atoms with Gasteiger partial charge in [-0.1, -0.05) is 0 Å². The Bertz CT molecular complexity index is 519. The number of rotatable bonds is 3. The lowest BCUT2D eigenvalue weighted by Gasteiger charge is -2.48.